The highest BCUT2D eigenvalue weighted by Crippen LogP contribution is 2.44. The summed E-state index contributed by atoms with van der Waals surface area (Å²) in [5.74, 6) is 0.850. The van der Waals surface area contributed by atoms with Crippen molar-refractivity contribution in [2.45, 2.75) is 12.0 Å². The zero-order chi connectivity index (χ0) is 17.4. The molecule has 0 amide bonds. The van der Waals surface area contributed by atoms with Gasteiger partial charge in [0.25, 0.3) is 5.54 Å². The number of allylic oxidation sites excluding steroid dienone is 2. The van der Waals surface area contributed by atoms with E-state index in [1.165, 1.54) is 0 Å². The molecule has 1 aromatic carbocycles. The molecule has 1 aromatic rings. The summed E-state index contributed by atoms with van der Waals surface area (Å²) >= 11 is 0. The number of anilines is 2. The molecule has 1 aliphatic carbocycles. The van der Waals surface area contributed by atoms with Gasteiger partial charge in [-0.1, -0.05) is 30.4 Å². The van der Waals surface area contributed by atoms with Gasteiger partial charge in [0, 0.05) is 36.8 Å². The van der Waals surface area contributed by atoms with Gasteiger partial charge < -0.3 is 16.0 Å². The zero-order valence-corrected chi connectivity index (χ0v) is 13.6. The van der Waals surface area contributed by atoms with Crippen LogP contribution < -0.4 is 16.0 Å². The minimum atomic E-state index is -1.28. The molecule has 1 atom stereocenters. The van der Waals surface area contributed by atoms with Gasteiger partial charge in [0.15, 0.2) is 0 Å². The average molecular weight is 337 g/mol. The second-order valence-corrected chi connectivity index (χ2v) is 6.16. The van der Waals surface area contributed by atoms with Gasteiger partial charge in [-0.25, -0.2) is 0 Å². The second kappa shape index (κ2) is 5.78. The number of hydrogen-bond donors (Lipinski definition) is 2. The maximum Gasteiger partial charge on any atom is 0.285 e. The van der Waals surface area contributed by atoms with Gasteiger partial charge in [-0.3, -0.25) is 15.0 Å². The number of para-hydroxylation sites is 2. The minimum absolute atomic E-state index is 0.208. The predicted octanol–water partition coefficient (Wildman–Crippen LogP) is 2.36. The minimum Gasteiger partial charge on any atom is -0.357 e. The van der Waals surface area contributed by atoms with Crippen molar-refractivity contribution in [3.8, 4) is 0 Å². The molecule has 0 saturated heterocycles. The van der Waals surface area contributed by atoms with Gasteiger partial charge in [0.1, 0.15) is 11.5 Å². The fraction of sp³-hybridized carbons (Fsp3) is 0.222. The Bertz CT molecular complexity index is 842. The van der Waals surface area contributed by atoms with E-state index in [2.05, 4.69) is 5.32 Å². The monoisotopic (exact) mass is 337 g/mol. The van der Waals surface area contributed by atoms with E-state index in [-0.39, 0.29) is 4.92 Å². The number of rotatable bonds is 4. The van der Waals surface area contributed by atoms with Crippen LogP contribution in [0.1, 0.15) is 6.42 Å². The number of fused-ring (bicyclic) bond motifs is 3. The highest BCUT2D eigenvalue weighted by atomic mass is 16.6. The van der Waals surface area contributed by atoms with E-state index in [0.29, 0.717) is 25.2 Å². The first kappa shape index (κ1) is 15.5. The second-order valence-electron chi connectivity index (χ2n) is 6.16. The Hall–Kier alpha value is -3.06. The van der Waals surface area contributed by atoms with Crippen molar-refractivity contribution in [2.24, 2.45) is 5.73 Å². The number of nitrogens with two attached hydrogens (primary N) is 1. The Balaban J connectivity index is 1.85. The third-order valence-electron chi connectivity index (χ3n) is 4.76. The molecule has 7 heteroatoms. The molecule has 3 N–H and O–H groups in total. The standard InChI is InChI=1S/C18H19N5O2/c19-10-11-21-16(18(23(24)25)8-4-1-5-9-18)13-22-15-7-3-2-6-14(15)20-12-17(21)22/h1-8,12-13,20H,9-11,19H2. The van der Waals surface area contributed by atoms with Crippen molar-refractivity contribution in [1.82, 2.24) is 4.90 Å². The molecule has 25 heavy (non-hydrogen) atoms. The highest BCUT2D eigenvalue weighted by Gasteiger charge is 2.51. The zero-order valence-electron chi connectivity index (χ0n) is 13.6. The Kier molecular flexibility index (Phi) is 3.58. The summed E-state index contributed by atoms with van der Waals surface area (Å²) < 4.78 is 0. The van der Waals surface area contributed by atoms with Crippen molar-refractivity contribution >= 4 is 11.4 Å². The Morgan fingerprint density at radius 1 is 1.32 bits per heavy atom. The maximum atomic E-state index is 12.0. The van der Waals surface area contributed by atoms with Crippen LogP contribution in [0, 0.1) is 10.1 Å². The number of hydrogen-bond acceptors (Lipinski definition) is 6. The number of nitro groups is 1. The lowest BCUT2D eigenvalue weighted by atomic mass is 9.88. The summed E-state index contributed by atoms with van der Waals surface area (Å²) in [4.78, 5) is 15.8. The maximum absolute atomic E-state index is 12.0. The van der Waals surface area contributed by atoms with Crippen molar-refractivity contribution < 1.29 is 4.92 Å². The molecule has 2 aliphatic heterocycles. The van der Waals surface area contributed by atoms with E-state index in [1.54, 1.807) is 12.2 Å². The molecule has 2 heterocycles. The summed E-state index contributed by atoms with van der Waals surface area (Å²) in [6.45, 7) is 0.905. The van der Waals surface area contributed by atoms with Crippen LogP contribution in [0.15, 0.2) is 72.5 Å². The highest BCUT2D eigenvalue weighted by molar-refractivity contribution is 5.78. The fourth-order valence-electron chi connectivity index (χ4n) is 3.54. The van der Waals surface area contributed by atoms with Crippen molar-refractivity contribution in [3.05, 3.63) is 82.6 Å². The van der Waals surface area contributed by atoms with E-state index >= 15 is 0 Å². The molecule has 0 fully saturated rings. The van der Waals surface area contributed by atoms with E-state index in [4.69, 9.17) is 5.73 Å². The first-order chi connectivity index (χ1) is 12.2. The quantitative estimate of drug-likeness (QED) is 0.648. The molecule has 0 aromatic heterocycles. The predicted molar refractivity (Wildman–Crippen MR) is 97.1 cm³/mol. The van der Waals surface area contributed by atoms with Gasteiger partial charge in [0.05, 0.1) is 11.4 Å². The van der Waals surface area contributed by atoms with Gasteiger partial charge in [-0.2, -0.15) is 0 Å². The lowest BCUT2D eigenvalue weighted by molar-refractivity contribution is -0.545. The van der Waals surface area contributed by atoms with Gasteiger partial charge in [-0.15, -0.1) is 0 Å². The van der Waals surface area contributed by atoms with Crippen molar-refractivity contribution in [3.63, 3.8) is 0 Å². The van der Waals surface area contributed by atoms with E-state index in [9.17, 15) is 10.1 Å². The van der Waals surface area contributed by atoms with Crippen molar-refractivity contribution in [1.29, 1.82) is 0 Å². The van der Waals surface area contributed by atoms with Gasteiger partial charge in [-0.05, 0) is 18.2 Å². The average Bonchev–Trinajstić information content (AvgIpc) is 3.02. The van der Waals surface area contributed by atoms with E-state index in [1.807, 2.05) is 58.6 Å². The van der Waals surface area contributed by atoms with Gasteiger partial charge >= 0.3 is 0 Å². The summed E-state index contributed by atoms with van der Waals surface area (Å²) in [7, 11) is 0. The molecule has 3 aliphatic rings. The first-order valence-corrected chi connectivity index (χ1v) is 8.21. The topological polar surface area (TPSA) is 87.7 Å². The SMILES string of the molecule is NCCN1C2=CNc3ccccc3N2C=C1C1([N+](=O)[O-])C=CC=CC1. The smallest absolute Gasteiger partial charge is 0.285 e. The van der Waals surface area contributed by atoms with Crippen LogP contribution >= 0.6 is 0 Å². The largest absolute Gasteiger partial charge is 0.357 e. The van der Waals surface area contributed by atoms with Crippen LogP contribution in [0.2, 0.25) is 0 Å². The van der Waals surface area contributed by atoms with Crippen LogP contribution in [0.25, 0.3) is 0 Å². The van der Waals surface area contributed by atoms with Gasteiger partial charge in [0.2, 0.25) is 0 Å². The Morgan fingerprint density at radius 2 is 2.16 bits per heavy atom. The number of nitrogens with one attached hydrogen (secondary N) is 1. The van der Waals surface area contributed by atoms with Crippen LogP contribution in [-0.4, -0.2) is 28.5 Å². The summed E-state index contributed by atoms with van der Waals surface area (Å²) in [5, 5.41) is 15.3. The molecular weight excluding hydrogens is 318 g/mol. The third kappa shape index (κ3) is 2.24. The van der Waals surface area contributed by atoms with E-state index in [0.717, 1.165) is 17.2 Å². The summed E-state index contributed by atoms with van der Waals surface area (Å²) in [5.41, 5.74) is 7.08. The van der Waals surface area contributed by atoms with E-state index < -0.39 is 5.54 Å². The normalized spacial score (nSPS) is 23.6. The molecule has 0 bridgehead atoms. The van der Waals surface area contributed by atoms with Crippen LogP contribution in [0.5, 0.6) is 0 Å². The van der Waals surface area contributed by atoms with Crippen LogP contribution in [0.3, 0.4) is 0 Å². The Morgan fingerprint density at radius 3 is 2.88 bits per heavy atom. The third-order valence-corrected chi connectivity index (χ3v) is 4.76. The molecule has 7 nitrogen and oxygen atoms in total. The fourth-order valence-corrected chi connectivity index (χ4v) is 3.54. The molecule has 128 valence electrons. The summed E-state index contributed by atoms with van der Waals surface area (Å²) in [6, 6.07) is 7.88. The number of benzene rings is 1. The Labute approximate surface area is 145 Å². The van der Waals surface area contributed by atoms with Crippen LogP contribution in [0.4, 0.5) is 11.4 Å². The molecule has 1 unspecified atom stereocenters. The first-order valence-electron chi connectivity index (χ1n) is 8.21. The van der Waals surface area contributed by atoms with Crippen LogP contribution in [-0.2, 0) is 0 Å². The molecule has 0 spiro atoms. The summed E-state index contributed by atoms with van der Waals surface area (Å²) in [6.07, 6.45) is 11.1. The lowest BCUT2D eigenvalue weighted by Crippen LogP contribution is -2.45. The lowest BCUT2D eigenvalue weighted by Gasteiger charge is -2.33. The van der Waals surface area contributed by atoms with Crippen molar-refractivity contribution in [2.75, 3.05) is 23.3 Å². The molecular formula is C18H19N5O2. The molecule has 0 radical (unpaired) electrons. The molecule has 0 saturated carbocycles. The molecule has 4 rings (SSSR count). The number of nitrogens with zero attached hydrogens (tertiary/aromatic N) is 3.